The Bertz CT molecular complexity index is 1380. The molecule has 6 heteroatoms. The Kier molecular flexibility index (Phi) is 66.6. The van der Waals surface area contributed by atoms with Crippen LogP contribution in [0.2, 0.25) is 0 Å². The number of ether oxygens (including phenoxy) is 3. The highest BCUT2D eigenvalue weighted by Crippen LogP contribution is 2.19. The highest BCUT2D eigenvalue weighted by atomic mass is 16.6. The molecule has 0 saturated carbocycles. The molecule has 0 amide bonds. The Hall–Kier alpha value is -2.63. The van der Waals surface area contributed by atoms with Crippen molar-refractivity contribution in [1.82, 2.24) is 0 Å². The van der Waals surface area contributed by atoms with Crippen LogP contribution in [0.5, 0.6) is 0 Å². The Balaban J connectivity index is 4.16. The molecule has 0 aromatic heterocycles. The second-order valence-corrected chi connectivity index (χ2v) is 24.1. The van der Waals surface area contributed by atoms with E-state index in [-0.39, 0.29) is 31.1 Å². The fourth-order valence-electron chi connectivity index (χ4n) is 10.8. The van der Waals surface area contributed by atoms with Crippen molar-refractivity contribution in [3.8, 4) is 0 Å². The molecular weight excluding hydrogens is 985 g/mol. The lowest BCUT2D eigenvalue weighted by Gasteiger charge is -2.18. The zero-order valence-electron chi connectivity index (χ0n) is 53.9. The van der Waals surface area contributed by atoms with Crippen molar-refractivity contribution >= 4 is 17.9 Å². The van der Waals surface area contributed by atoms with E-state index in [2.05, 4.69) is 69.4 Å². The van der Waals surface area contributed by atoms with Crippen molar-refractivity contribution in [2.75, 3.05) is 13.2 Å². The van der Waals surface area contributed by atoms with E-state index in [1.54, 1.807) is 0 Å². The first-order valence-corrected chi connectivity index (χ1v) is 35.6. The van der Waals surface area contributed by atoms with Gasteiger partial charge in [0.05, 0.1) is 0 Å². The first-order valence-electron chi connectivity index (χ1n) is 35.6. The van der Waals surface area contributed by atoms with Crippen molar-refractivity contribution in [2.24, 2.45) is 0 Å². The van der Waals surface area contributed by atoms with Crippen LogP contribution >= 0.6 is 0 Å². The van der Waals surface area contributed by atoms with Crippen LogP contribution in [0.4, 0.5) is 0 Å². The molecule has 0 aromatic carbocycles. The minimum Gasteiger partial charge on any atom is -0.462 e. The molecule has 0 aliphatic rings. The minimum absolute atomic E-state index is 0.0692. The predicted octanol–water partition coefficient (Wildman–Crippen LogP) is 24.5. The molecule has 0 radical (unpaired) electrons. The van der Waals surface area contributed by atoms with Crippen molar-refractivity contribution in [2.45, 2.75) is 393 Å². The third-order valence-electron chi connectivity index (χ3n) is 16.1. The molecule has 468 valence electrons. The SMILES string of the molecule is CC/C=C\C/C=C\C/C=C\C/C=C\CCCCCCCCCCCCC(=O)OC(COC(=O)CCCCCCCCCCCCC)COC(=O)CCCCCCCCCCCCCCCCCCCCCCCCCCCCCC. The Morgan fingerprint density at radius 1 is 0.263 bits per heavy atom. The summed E-state index contributed by atoms with van der Waals surface area (Å²) in [7, 11) is 0. The normalized spacial score (nSPS) is 12.3. The molecule has 80 heavy (non-hydrogen) atoms. The van der Waals surface area contributed by atoms with Gasteiger partial charge in [0.1, 0.15) is 13.2 Å². The van der Waals surface area contributed by atoms with Gasteiger partial charge in [-0.25, -0.2) is 0 Å². The number of hydrogen-bond acceptors (Lipinski definition) is 6. The number of rotatable bonds is 66. The first-order chi connectivity index (χ1) is 39.5. The number of carbonyl (C=O) groups excluding carboxylic acids is 3. The molecule has 0 fully saturated rings. The monoisotopic (exact) mass is 1120 g/mol. The van der Waals surface area contributed by atoms with Crippen LogP contribution in [0.1, 0.15) is 387 Å². The summed E-state index contributed by atoms with van der Waals surface area (Å²) in [6.07, 6.45) is 87.3. The van der Waals surface area contributed by atoms with Crippen LogP contribution in [-0.2, 0) is 28.6 Å². The van der Waals surface area contributed by atoms with Crippen molar-refractivity contribution < 1.29 is 28.6 Å². The summed E-state index contributed by atoms with van der Waals surface area (Å²) in [6.45, 7) is 6.59. The predicted molar refractivity (Wildman–Crippen MR) is 349 cm³/mol. The van der Waals surface area contributed by atoms with Gasteiger partial charge in [-0.15, -0.1) is 0 Å². The number of carbonyl (C=O) groups is 3. The van der Waals surface area contributed by atoms with E-state index in [0.29, 0.717) is 19.3 Å². The summed E-state index contributed by atoms with van der Waals surface area (Å²) in [5, 5.41) is 0. The summed E-state index contributed by atoms with van der Waals surface area (Å²) in [5.41, 5.74) is 0. The van der Waals surface area contributed by atoms with Gasteiger partial charge in [-0.2, -0.15) is 0 Å². The van der Waals surface area contributed by atoms with E-state index in [4.69, 9.17) is 14.2 Å². The highest BCUT2D eigenvalue weighted by Gasteiger charge is 2.19. The summed E-state index contributed by atoms with van der Waals surface area (Å²) >= 11 is 0. The average molecular weight is 1120 g/mol. The summed E-state index contributed by atoms with van der Waals surface area (Å²) in [6, 6.07) is 0. The van der Waals surface area contributed by atoms with Crippen LogP contribution in [0.25, 0.3) is 0 Å². The van der Waals surface area contributed by atoms with Crippen LogP contribution in [0, 0.1) is 0 Å². The molecule has 0 bridgehead atoms. The molecule has 1 atom stereocenters. The standard InChI is InChI=1S/C74H136O6/c1-4-7-10-13-16-19-22-24-26-28-30-32-34-35-36-37-38-40-41-43-45-47-49-52-55-58-61-64-67-73(76)79-70-71(69-78-72(75)66-63-60-57-54-51-21-18-15-12-9-6-3)80-74(77)68-65-62-59-56-53-50-48-46-44-42-39-33-31-29-27-25-23-20-17-14-11-8-5-2/h8,11,17,20,25,27,31,33,71H,4-7,9-10,12-16,18-19,21-24,26,28-30,32,34-70H2,1-3H3/b11-8-,20-17-,27-25-,33-31-. The van der Waals surface area contributed by atoms with Gasteiger partial charge in [-0.3, -0.25) is 14.4 Å². The van der Waals surface area contributed by atoms with Crippen molar-refractivity contribution in [1.29, 1.82) is 0 Å². The van der Waals surface area contributed by atoms with Crippen LogP contribution in [-0.4, -0.2) is 37.2 Å². The van der Waals surface area contributed by atoms with Crippen LogP contribution in [0.3, 0.4) is 0 Å². The lowest BCUT2D eigenvalue weighted by molar-refractivity contribution is -0.167. The van der Waals surface area contributed by atoms with Gasteiger partial charge in [-0.1, -0.05) is 358 Å². The average Bonchev–Trinajstić information content (AvgIpc) is 3.46. The summed E-state index contributed by atoms with van der Waals surface area (Å²) < 4.78 is 17.0. The summed E-state index contributed by atoms with van der Waals surface area (Å²) in [5.74, 6) is -0.848. The molecule has 0 aliphatic heterocycles. The fourth-order valence-corrected chi connectivity index (χ4v) is 10.8. The zero-order valence-corrected chi connectivity index (χ0v) is 53.9. The highest BCUT2D eigenvalue weighted by molar-refractivity contribution is 5.71. The van der Waals surface area contributed by atoms with Gasteiger partial charge >= 0.3 is 17.9 Å². The van der Waals surface area contributed by atoms with Gasteiger partial charge in [0, 0.05) is 19.3 Å². The lowest BCUT2D eigenvalue weighted by Crippen LogP contribution is -2.30. The first kappa shape index (κ1) is 77.4. The molecule has 0 aliphatic carbocycles. The van der Waals surface area contributed by atoms with Crippen molar-refractivity contribution in [3.05, 3.63) is 48.6 Å². The number of esters is 3. The Morgan fingerprint density at radius 2 is 0.487 bits per heavy atom. The van der Waals surface area contributed by atoms with E-state index in [9.17, 15) is 14.4 Å². The molecule has 0 rings (SSSR count). The van der Waals surface area contributed by atoms with E-state index in [1.807, 2.05) is 0 Å². The number of allylic oxidation sites excluding steroid dienone is 8. The fraction of sp³-hybridized carbons (Fsp3) is 0.851. The van der Waals surface area contributed by atoms with E-state index in [0.717, 1.165) is 83.5 Å². The van der Waals surface area contributed by atoms with Gasteiger partial charge in [-0.05, 0) is 57.8 Å². The number of hydrogen-bond donors (Lipinski definition) is 0. The van der Waals surface area contributed by atoms with E-state index < -0.39 is 6.10 Å². The van der Waals surface area contributed by atoms with Crippen LogP contribution < -0.4 is 0 Å². The third-order valence-corrected chi connectivity index (χ3v) is 16.1. The maximum absolute atomic E-state index is 12.9. The lowest BCUT2D eigenvalue weighted by atomic mass is 10.0. The quantitative estimate of drug-likeness (QED) is 0.0261. The van der Waals surface area contributed by atoms with E-state index in [1.165, 1.54) is 263 Å². The van der Waals surface area contributed by atoms with Gasteiger partial charge in [0.2, 0.25) is 0 Å². The van der Waals surface area contributed by atoms with E-state index >= 15 is 0 Å². The van der Waals surface area contributed by atoms with Crippen molar-refractivity contribution in [3.63, 3.8) is 0 Å². The largest absolute Gasteiger partial charge is 0.462 e. The second-order valence-electron chi connectivity index (χ2n) is 24.1. The molecule has 0 spiro atoms. The third kappa shape index (κ3) is 66.2. The molecule has 0 aromatic rings. The molecule has 0 saturated heterocycles. The Labute approximate surface area is 498 Å². The Morgan fingerprint density at radius 3 is 0.762 bits per heavy atom. The topological polar surface area (TPSA) is 78.9 Å². The molecule has 0 N–H and O–H groups in total. The molecule has 1 unspecified atom stereocenters. The zero-order chi connectivity index (χ0) is 57.8. The second kappa shape index (κ2) is 68.9. The summed E-state index contributed by atoms with van der Waals surface area (Å²) in [4.78, 5) is 38.4. The van der Waals surface area contributed by atoms with Gasteiger partial charge < -0.3 is 14.2 Å². The van der Waals surface area contributed by atoms with Gasteiger partial charge in [0.25, 0.3) is 0 Å². The molecular formula is C74H136O6. The minimum atomic E-state index is -0.773. The van der Waals surface area contributed by atoms with Gasteiger partial charge in [0.15, 0.2) is 6.10 Å². The van der Waals surface area contributed by atoms with Crippen LogP contribution in [0.15, 0.2) is 48.6 Å². The molecule has 0 heterocycles. The molecule has 6 nitrogen and oxygen atoms in total. The number of unbranched alkanes of at least 4 members (excludes halogenated alkanes) is 47. The maximum Gasteiger partial charge on any atom is 0.306 e. The smallest absolute Gasteiger partial charge is 0.306 e. The maximum atomic E-state index is 12.9.